The van der Waals surface area contributed by atoms with Gasteiger partial charge < -0.3 is 14.7 Å². The molecule has 8 heteroatoms. The van der Waals surface area contributed by atoms with Gasteiger partial charge in [0.2, 0.25) is 0 Å². The van der Waals surface area contributed by atoms with Crippen molar-refractivity contribution in [3.8, 4) is 0 Å². The summed E-state index contributed by atoms with van der Waals surface area (Å²) in [7, 11) is 3.10. The third-order valence-corrected chi connectivity index (χ3v) is 3.18. The van der Waals surface area contributed by atoms with Crippen molar-refractivity contribution in [2.24, 2.45) is 7.05 Å². The molecule has 1 heterocycles. The Balaban J connectivity index is 2.87. The molecule has 0 aliphatic rings. The van der Waals surface area contributed by atoms with Crippen LogP contribution in [-0.2, 0) is 18.3 Å². The van der Waals surface area contributed by atoms with Crippen molar-refractivity contribution in [1.82, 2.24) is 14.7 Å². The number of rotatable bonds is 3. The van der Waals surface area contributed by atoms with E-state index in [-0.39, 0.29) is 12.2 Å². The topological polar surface area (TPSA) is 84.7 Å². The average Bonchev–Trinajstić information content (AvgIpc) is 2.51. The van der Waals surface area contributed by atoms with Gasteiger partial charge in [0.05, 0.1) is 16.7 Å². The Labute approximate surface area is 125 Å². The van der Waals surface area contributed by atoms with Crippen molar-refractivity contribution in [3.63, 3.8) is 0 Å². The molecule has 0 aromatic carbocycles. The van der Waals surface area contributed by atoms with Crippen LogP contribution in [0, 0.1) is 0 Å². The van der Waals surface area contributed by atoms with E-state index in [1.807, 2.05) is 0 Å². The van der Waals surface area contributed by atoms with Gasteiger partial charge in [-0.1, -0.05) is 0 Å². The summed E-state index contributed by atoms with van der Waals surface area (Å²) in [6, 6.07) is 0. The maximum absolute atomic E-state index is 11.8. The Hall–Kier alpha value is -1.57. The van der Waals surface area contributed by atoms with Crippen LogP contribution in [-0.4, -0.2) is 44.5 Å². The highest BCUT2D eigenvalue weighted by Gasteiger charge is 2.24. The molecular weight excluding hydrogens is 330 g/mol. The third-order valence-electron chi connectivity index (χ3n) is 2.35. The van der Waals surface area contributed by atoms with Crippen LogP contribution in [0.3, 0.4) is 0 Å². The van der Waals surface area contributed by atoms with Crippen LogP contribution in [0.25, 0.3) is 0 Å². The van der Waals surface area contributed by atoms with Gasteiger partial charge in [-0.3, -0.25) is 4.68 Å². The number of carbonyl (C=O) groups excluding carboxylic acids is 1. The first kappa shape index (κ1) is 16.5. The maximum Gasteiger partial charge on any atom is 0.410 e. The molecule has 0 fully saturated rings. The van der Waals surface area contributed by atoms with E-state index in [1.54, 1.807) is 27.8 Å². The number of hydrogen-bond donors (Lipinski definition) is 1. The van der Waals surface area contributed by atoms with Crippen LogP contribution >= 0.6 is 15.9 Å². The molecule has 7 nitrogen and oxygen atoms in total. The van der Waals surface area contributed by atoms with E-state index in [2.05, 4.69) is 21.0 Å². The first-order chi connectivity index (χ1) is 9.03. The molecule has 0 aliphatic carbocycles. The molecule has 0 spiro atoms. The number of amides is 1. The lowest BCUT2D eigenvalue weighted by Gasteiger charge is -2.24. The minimum Gasteiger partial charge on any atom is -0.476 e. The number of aryl methyl sites for hydroxylation is 1. The molecule has 1 amide bonds. The number of hydrogen-bond acceptors (Lipinski definition) is 4. The second-order valence-electron chi connectivity index (χ2n) is 5.37. The third kappa shape index (κ3) is 3.96. The number of aromatic nitrogens is 2. The molecule has 0 bridgehead atoms. The lowest BCUT2D eigenvalue weighted by Crippen LogP contribution is -2.34. The van der Waals surface area contributed by atoms with Crippen molar-refractivity contribution in [2.45, 2.75) is 32.9 Å². The predicted molar refractivity (Wildman–Crippen MR) is 75.6 cm³/mol. The minimum atomic E-state index is -1.09. The number of aromatic carboxylic acids is 1. The predicted octanol–water partition coefficient (Wildman–Crippen LogP) is 2.25. The van der Waals surface area contributed by atoms with Crippen LogP contribution in [0.5, 0.6) is 0 Å². The lowest BCUT2D eigenvalue weighted by atomic mass is 10.2. The van der Waals surface area contributed by atoms with Crippen LogP contribution in [0.2, 0.25) is 0 Å². The average molecular weight is 348 g/mol. The molecule has 0 aliphatic heterocycles. The van der Waals surface area contributed by atoms with Crippen molar-refractivity contribution in [1.29, 1.82) is 0 Å². The normalized spacial score (nSPS) is 11.3. The van der Waals surface area contributed by atoms with Gasteiger partial charge >= 0.3 is 12.1 Å². The second kappa shape index (κ2) is 5.82. The summed E-state index contributed by atoms with van der Waals surface area (Å²) in [5, 5.41) is 13.1. The number of carboxylic acids is 1. The van der Waals surface area contributed by atoms with E-state index >= 15 is 0 Å². The molecule has 0 unspecified atom stereocenters. The van der Waals surface area contributed by atoms with Crippen LogP contribution in [0.1, 0.15) is 37.0 Å². The fourth-order valence-electron chi connectivity index (χ4n) is 1.52. The van der Waals surface area contributed by atoms with Crippen LogP contribution in [0.4, 0.5) is 4.79 Å². The molecule has 1 aromatic heterocycles. The van der Waals surface area contributed by atoms with E-state index in [1.165, 1.54) is 16.6 Å². The molecule has 20 heavy (non-hydrogen) atoms. The van der Waals surface area contributed by atoms with E-state index in [0.29, 0.717) is 10.2 Å². The highest BCUT2D eigenvalue weighted by Crippen LogP contribution is 2.22. The van der Waals surface area contributed by atoms with Gasteiger partial charge in [-0.15, -0.1) is 0 Å². The zero-order valence-corrected chi connectivity index (χ0v) is 13.7. The van der Waals surface area contributed by atoms with Crippen molar-refractivity contribution < 1.29 is 19.4 Å². The molecule has 0 saturated carbocycles. The maximum atomic E-state index is 11.8. The molecule has 1 aromatic rings. The summed E-state index contributed by atoms with van der Waals surface area (Å²) in [5.41, 5.74) is -0.0883. The number of ether oxygens (including phenoxy) is 1. The van der Waals surface area contributed by atoms with Gasteiger partial charge in [0, 0.05) is 14.1 Å². The fraction of sp³-hybridized carbons (Fsp3) is 0.583. The molecule has 0 radical (unpaired) electrons. The Morgan fingerprint density at radius 3 is 2.40 bits per heavy atom. The number of halogens is 1. The monoisotopic (exact) mass is 347 g/mol. The Bertz CT molecular complexity index is 534. The van der Waals surface area contributed by atoms with Crippen LogP contribution < -0.4 is 0 Å². The molecule has 112 valence electrons. The van der Waals surface area contributed by atoms with Crippen molar-refractivity contribution >= 4 is 28.0 Å². The summed E-state index contributed by atoms with van der Waals surface area (Å²) in [6.07, 6.45) is -0.494. The van der Waals surface area contributed by atoms with Gasteiger partial charge in [0.25, 0.3) is 0 Å². The molecule has 0 atom stereocenters. The van der Waals surface area contributed by atoms with Crippen LogP contribution in [0.15, 0.2) is 4.47 Å². The van der Waals surface area contributed by atoms with Gasteiger partial charge in [0.15, 0.2) is 5.69 Å². The number of nitrogens with zero attached hydrogens (tertiary/aromatic N) is 3. The van der Waals surface area contributed by atoms with Gasteiger partial charge in [-0.2, -0.15) is 5.10 Å². The standard InChI is InChI=1S/C12H18BrN3O4/c1-12(2,3)20-11(19)15(4)6-7-8(13)9(10(17)18)16(5)14-7/h6H2,1-5H3,(H,17,18). The van der Waals surface area contributed by atoms with E-state index in [9.17, 15) is 9.59 Å². The minimum absolute atomic E-state index is 0.0394. The molecule has 0 saturated heterocycles. The van der Waals surface area contributed by atoms with Crippen molar-refractivity contribution in [3.05, 3.63) is 15.9 Å². The van der Waals surface area contributed by atoms with Gasteiger partial charge in [-0.05, 0) is 36.7 Å². The first-order valence-electron chi connectivity index (χ1n) is 5.91. The smallest absolute Gasteiger partial charge is 0.410 e. The molecular formula is C12H18BrN3O4. The largest absolute Gasteiger partial charge is 0.476 e. The van der Waals surface area contributed by atoms with Gasteiger partial charge in [0.1, 0.15) is 5.60 Å². The lowest BCUT2D eigenvalue weighted by molar-refractivity contribution is 0.0282. The summed E-state index contributed by atoms with van der Waals surface area (Å²) >= 11 is 3.20. The summed E-state index contributed by atoms with van der Waals surface area (Å²) in [4.78, 5) is 24.2. The first-order valence-corrected chi connectivity index (χ1v) is 6.71. The number of carboxylic acid groups (broad SMARTS) is 1. The van der Waals surface area contributed by atoms with Gasteiger partial charge in [-0.25, -0.2) is 9.59 Å². The zero-order valence-electron chi connectivity index (χ0n) is 12.1. The Kier molecular flexibility index (Phi) is 4.80. The van der Waals surface area contributed by atoms with E-state index < -0.39 is 17.7 Å². The fourth-order valence-corrected chi connectivity index (χ4v) is 2.15. The summed E-state index contributed by atoms with van der Waals surface area (Å²) < 4.78 is 6.84. The molecule has 1 rings (SSSR count). The Morgan fingerprint density at radius 1 is 1.45 bits per heavy atom. The quantitative estimate of drug-likeness (QED) is 0.906. The summed E-state index contributed by atoms with van der Waals surface area (Å²) in [5.74, 6) is -1.09. The second-order valence-corrected chi connectivity index (χ2v) is 6.17. The zero-order chi connectivity index (χ0) is 15.7. The van der Waals surface area contributed by atoms with E-state index in [4.69, 9.17) is 9.84 Å². The van der Waals surface area contributed by atoms with Crippen molar-refractivity contribution in [2.75, 3.05) is 7.05 Å². The summed E-state index contributed by atoms with van der Waals surface area (Å²) in [6.45, 7) is 5.48. The molecule has 1 N–H and O–H groups in total. The highest BCUT2D eigenvalue weighted by atomic mass is 79.9. The van der Waals surface area contributed by atoms with E-state index in [0.717, 1.165) is 0 Å². The highest BCUT2D eigenvalue weighted by molar-refractivity contribution is 9.10. The Morgan fingerprint density at radius 2 is 2.00 bits per heavy atom. The SMILES string of the molecule is CN(Cc1nn(C)c(C(=O)O)c1Br)C(=O)OC(C)(C)C. The number of carbonyl (C=O) groups is 2.